The molecule has 128 valence electrons. The number of hydrogen-bond donors (Lipinski definition) is 2. The maximum atomic E-state index is 12.1. The highest BCUT2D eigenvalue weighted by atomic mass is 35.5. The van der Waals surface area contributed by atoms with Gasteiger partial charge in [-0.25, -0.2) is 0 Å². The minimum Gasteiger partial charge on any atom is -0.363 e. The average molecular weight is 386 g/mol. The highest BCUT2D eigenvalue weighted by molar-refractivity contribution is 8.01. The maximum absolute atomic E-state index is 12.1. The Bertz CT molecular complexity index is 725. The number of para-hydroxylation sites is 1. The van der Waals surface area contributed by atoms with Crippen LogP contribution < -0.4 is 10.6 Å². The second-order valence-corrected chi connectivity index (χ2v) is 7.30. The molecule has 0 aliphatic heterocycles. The molecule has 10 heteroatoms. The number of nitrogens with zero attached hydrogens (tertiary/aromatic N) is 3. The van der Waals surface area contributed by atoms with Crippen molar-refractivity contribution >= 4 is 57.3 Å². The van der Waals surface area contributed by atoms with Crippen LogP contribution in [0.5, 0.6) is 0 Å². The Morgan fingerprint density at radius 3 is 2.75 bits per heavy atom. The molecule has 1 aromatic carbocycles. The first-order valence-electron chi connectivity index (χ1n) is 6.92. The molecule has 24 heavy (non-hydrogen) atoms. The van der Waals surface area contributed by atoms with Crippen LogP contribution in [0, 0.1) is 0 Å². The van der Waals surface area contributed by atoms with Gasteiger partial charge in [-0.05, 0) is 12.1 Å². The normalized spacial score (nSPS) is 10.3. The third kappa shape index (κ3) is 5.36. The van der Waals surface area contributed by atoms with Crippen molar-refractivity contribution in [2.24, 2.45) is 0 Å². The summed E-state index contributed by atoms with van der Waals surface area (Å²) >= 11 is 8.64. The molecule has 2 rings (SSSR count). The number of rotatable bonds is 7. The highest BCUT2D eigenvalue weighted by Gasteiger charge is 2.15. The summed E-state index contributed by atoms with van der Waals surface area (Å²) in [5.41, 5.74) is 0.521. The fourth-order valence-electron chi connectivity index (χ4n) is 1.66. The zero-order valence-electron chi connectivity index (χ0n) is 13.1. The van der Waals surface area contributed by atoms with Crippen LogP contribution in [-0.4, -0.2) is 53.3 Å². The van der Waals surface area contributed by atoms with Crippen molar-refractivity contribution in [2.75, 3.05) is 37.0 Å². The van der Waals surface area contributed by atoms with Crippen molar-refractivity contribution in [3.63, 3.8) is 0 Å². The number of amides is 2. The third-order valence-electron chi connectivity index (χ3n) is 2.89. The molecule has 0 saturated heterocycles. The highest BCUT2D eigenvalue weighted by Crippen LogP contribution is 2.25. The Hall–Kier alpha value is -1.84. The number of carbonyl (C=O) groups is 2. The zero-order valence-corrected chi connectivity index (χ0v) is 15.5. The maximum Gasteiger partial charge on any atom is 0.244 e. The van der Waals surface area contributed by atoms with Gasteiger partial charge in [-0.3, -0.25) is 9.59 Å². The quantitative estimate of drug-likeness (QED) is 0.712. The van der Waals surface area contributed by atoms with E-state index in [2.05, 4.69) is 20.8 Å². The molecule has 2 N–H and O–H groups in total. The molecule has 0 atom stereocenters. The topological polar surface area (TPSA) is 87.2 Å². The molecule has 0 aliphatic rings. The van der Waals surface area contributed by atoms with Gasteiger partial charge < -0.3 is 15.5 Å². The number of aromatic nitrogens is 2. The van der Waals surface area contributed by atoms with E-state index in [9.17, 15) is 9.59 Å². The van der Waals surface area contributed by atoms with Crippen LogP contribution in [0.1, 0.15) is 0 Å². The Morgan fingerprint density at radius 1 is 1.33 bits per heavy atom. The Morgan fingerprint density at radius 2 is 2.08 bits per heavy atom. The third-order valence-corrected chi connectivity index (χ3v) is 5.28. The van der Waals surface area contributed by atoms with Crippen LogP contribution in [0.15, 0.2) is 28.6 Å². The van der Waals surface area contributed by atoms with E-state index < -0.39 is 0 Å². The summed E-state index contributed by atoms with van der Waals surface area (Å²) in [6.45, 7) is -0.0531. The van der Waals surface area contributed by atoms with E-state index in [4.69, 9.17) is 11.6 Å². The molecule has 2 aromatic rings. The van der Waals surface area contributed by atoms with E-state index in [1.807, 2.05) is 0 Å². The van der Waals surface area contributed by atoms with Crippen molar-refractivity contribution in [3.8, 4) is 0 Å². The standard InChI is InChI=1S/C14H16ClN5O2S2/c1-16-13-18-19-14(24-13)23-8-12(22)20(2)7-11(21)17-10-6-4-3-5-9(10)15/h3-6H,7-8H2,1-2H3,(H,16,18)(H,17,21). The minimum atomic E-state index is -0.308. The number of halogens is 1. The van der Waals surface area contributed by atoms with Gasteiger partial charge in [-0.1, -0.05) is 46.8 Å². The molecule has 0 fully saturated rings. The van der Waals surface area contributed by atoms with Gasteiger partial charge in [0.25, 0.3) is 0 Å². The minimum absolute atomic E-state index is 0.0531. The molecule has 0 bridgehead atoms. The van der Waals surface area contributed by atoms with Crippen molar-refractivity contribution in [1.29, 1.82) is 0 Å². The number of thioether (sulfide) groups is 1. The molecule has 0 aliphatic carbocycles. The summed E-state index contributed by atoms with van der Waals surface area (Å²) in [7, 11) is 3.33. The number of likely N-dealkylation sites (N-methyl/N-ethyl adjacent to an activating group) is 1. The predicted octanol–water partition coefficient (Wildman–Crippen LogP) is 2.42. The lowest BCUT2D eigenvalue weighted by atomic mass is 10.3. The molecule has 2 amide bonds. The summed E-state index contributed by atoms with van der Waals surface area (Å²) in [4.78, 5) is 25.4. The number of hydrogen-bond acceptors (Lipinski definition) is 7. The van der Waals surface area contributed by atoms with Gasteiger partial charge in [0.2, 0.25) is 16.9 Å². The molecule has 0 unspecified atom stereocenters. The molecular formula is C14H16ClN5O2S2. The van der Waals surface area contributed by atoms with Gasteiger partial charge >= 0.3 is 0 Å². The van der Waals surface area contributed by atoms with E-state index in [0.29, 0.717) is 20.2 Å². The van der Waals surface area contributed by atoms with Crippen LogP contribution in [0.3, 0.4) is 0 Å². The Labute approximate surface area is 152 Å². The zero-order chi connectivity index (χ0) is 17.5. The number of benzene rings is 1. The van der Waals surface area contributed by atoms with Gasteiger partial charge in [0.15, 0.2) is 4.34 Å². The second-order valence-electron chi connectivity index (χ2n) is 4.69. The molecule has 0 spiro atoms. The molecule has 1 aromatic heterocycles. The Balaban J connectivity index is 1.80. The summed E-state index contributed by atoms with van der Waals surface area (Å²) < 4.78 is 0.696. The number of nitrogens with one attached hydrogen (secondary N) is 2. The second kappa shape index (κ2) is 8.86. The lowest BCUT2D eigenvalue weighted by Gasteiger charge is -2.16. The van der Waals surface area contributed by atoms with Crippen molar-refractivity contribution < 1.29 is 9.59 Å². The lowest BCUT2D eigenvalue weighted by molar-refractivity contribution is -0.131. The molecular weight excluding hydrogens is 370 g/mol. The lowest BCUT2D eigenvalue weighted by Crippen LogP contribution is -2.36. The fraction of sp³-hybridized carbons (Fsp3) is 0.286. The number of anilines is 2. The van der Waals surface area contributed by atoms with Crippen LogP contribution in [0.2, 0.25) is 5.02 Å². The van der Waals surface area contributed by atoms with E-state index in [1.54, 1.807) is 38.4 Å². The largest absolute Gasteiger partial charge is 0.363 e. The van der Waals surface area contributed by atoms with Crippen molar-refractivity contribution in [1.82, 2.24) is 15.1 Å². The first kappa shape index (κ1) is 18.5. The van der Waals surface area contributed by atoms with Crippen LogP contribution in [-0.2, 0) is 9.59 Å². The summed E-state index contributed by atoms with van der Waals surface area (Å²) in [5, 5.41) is 14.6. The van der Waals surface area contributed by atoms with Crippen LogP contribution in [0.4, 0.5) is 10.8 Å². The summed E-state index contributed by atoms with van der Waals surface area (Å²) in [5.74, 6) is -0.290. The van der Waals surface area contributed by atoms with Crippen LogP contribution in [0.25, 0.3) is 0 Å². The van der Waals surface area contributed by atoms with Gasteiger partial charge in [-0.15, -0.1) is 10.2 Å². The predicted molar refractivity (Wildman–Crippen MR) is 97.9 cm³/mol. The van der Waals surface area contributed by atoms with E-state index in [-0.39, 0.29) is 24.1 Å². The SMILES string of the molecule is CNc1nnc(SCC(=O)N(C)CC(=O)Nc2ccccc2Cl)s1. The van der Waals surface area contributed by atoms with Crippen molar-refractivity contribution in [3.05, 3.63) is 29.3 Å². The first-order chi connectivity index (χ1) is 11.5. The van der Waals surface area contributed by atoms with Gasteiger partial charge in [0, 0.05) is 14.1 Å². The smallest absolute Gasteiger partial charge is 0.244 e. The van der Waals surface area contributed by atoms with Gasteiger partial charge in [0.1, 0.15) is 0 Å². The van der Waals surface area contributed by atoms with Crippen LogP contribution >= 0.6 is 34.7 Å². The van der Waals surface area contributed by atoms with E-state index in [0.717, 1.165) is 0 Å². The molecule has 0 radical (unpaired) electrons. The number of carbonyl (C=O) groups excluding carboxylic acids is 2. The summed E-state index contributed by atoms with van der Waals surface area (Å²) in [6.07, 6.45) is 0. The van der Waals surface area contributed by atoms with E-state index >= 15 is 0 Å². The van der Waals surface area contributed by atoms with Gasteiger partial charge in [-0.2, -0.15) is 0 Å². The molecule has 0 saturated carbocycles. The summed E-state index contributed by atoms with van der Waals surface area (Å²) in [6, 6.07) is 6.93. The molecule has 1 heterocycles. The van der Waals surface area contributed by atoms with Gasteiger partial charge in [0.05, 0.1) is 23.0 Å². The molecule has 7 nitrogen and oxygen atoms in total. The monoisotopic (exact) mass is 385 g/mol. The Kier molecular flexibility index (Phi) is 6.83. The average Bonchev–Trinajstić information content (AvgIpc) is 3.02. The first-order valence-corrected chi connectivity index (χ1v) is 9.10. The van der Waals surface area contributed by atoms with E-state index in [1.165, 1.54) is 28.0 Å². The van der Waals surface area contributed by atoms with Crippen molar-refractivity contribution in [2.45, 2.75) is 4.34 Å². The fourth-order valence-corrected chi connectivity index (χ4v) is 3.49.